The van der Waals surface area contributed by atoms with Crippen LogP contribution in [0, 0.1) is 0 Å². The van der Waals surface area contributed by atoms with Gasteiger partial charge in [-0.2, -0.15) is 5.48 Å². The number of likely N-dealkylation sites (tertiary alicyclic amines) is 1. The van der Waals surface area contributed by atoms with Crippen molar-refractivity contribution in [1.82, 2.24) is 10.4 Å². The second-order valence-electron chi connectivity index (χ2n) is 5.32. The Kier molecular flexibility index (Phi) is 6.10. The molecule has 2 amide bonds. The SMILES string of the molecule is COc1cc(N)c(Cl)cc1C(=O)NOC(=O)N1CCCC(OC)C1. The summed E-state index contributed by atoms with van der Waals surface area (Å²) in [6.45, 7) is 0.966. The lowest BCUT2D eigenvalue weighted by molar-refractivity contribution is 0.00845. The Morgan fingerprint density at radius 2 is 2.12 bits per heavy atom. The third-order valence-corrected chi connectivity index (χ3v) is 4.09. The second-order valence-corrected chi connectivity index (χ2v) is 5.73. The number of nitrogens with two attached hydrogens (primary N) is 1. The largest absolute Gasteiger partial charge is 0.496 e. The average Bonchev–Trinajstić information content (AvgIpc) is 2.61. The van der Waals surface area contributed by atoms with Crippen molar-refractivity contribution in [2.75, 3.05) is 33.0 Å². The van der Waals surface area contributed by atoms with Gasteiger partial charge in [-0.15, -0.1) is 0 Å². The van der Waals surface area contributed by atoms with E-state index in [2.05, 4.69) is 5.48 Å². The lowest BCUT2D eigenvalue weighted by Gasteiger charge is -2.30. The van der Waals surface area contributed by atoms with Crippen LogP contribution >= 0.6 is 11.6 Å². The number of halogens is 1. The second kappa shape index (κ2) is 8.07. The van der Waals surface area contributed by atoms with Crippen molar-refractivity contribution in [3.05, 3.63) is 22.7 Å². The zero-order valence-corrected chi connectivity index (χ0v) is 14.3. The molecule has 0 radical (unpaired) electrons. The molecular formula is C15H20ClN3O5. The van der Waals surface area contributed by atoms with E-state index < -0.39 is 12.0 Å². The lowest BCUT2D eigenvalue weighted by atomic mass is 10.1. The normalized spacial score (nSPS) is 17.3. The molecule has 1 unspecified atom stereocenters. The standard InChI is InChI=1S/C15H20ClN3O5/c1-22-9-4-3-5-19(8-9)15(21)24-18-14(20)10-6-11(16)12(17)7-13(10)23-2/h6-7,9H,3-5,8,17H2,1-2H3,(H,18,20). The minimum Gasteiger partial charge on any atom is -0.496 e. The van der Waals surface area contributed by atoms with Crippen molar-refractivity contribution in [3.63, 3.8) is 0 Å². The number of hydrogen-bond acceptors (Lipinski definition) is 6. The van der Waals surface area contributed by atoms with Gasteiger partial charge in [-0.05, 0) is 18.9 Å². The van der Waals surface area contributed by atoms with E-state index >= 15 is 0 Å². The van der Waals surface area contributed by atoms with Crippen LogP contribution in [0.5, 0.6) is 5.75 Å². The van der Waals surface area contributed by atoms with Gasteiger partial charge in [0.25, 0.3) is 5.91 Å². The fourth-order valence-electron chi connectivity index (χ4n) is 2.42. The van der Waals surface area contributed by atoms with E-state index in [0.29, 0.717) is 13.1 Å². The number of anilines is 1. The third-order valence-electron chi connectivity index (χ3n) is 3.76. The van der Waals surface area contributed by atoms with Crippen molar-refractivity contribution in [3.8, 4) is 5.75 Å². The smallest absolute Gasteiger partial charge is 0.434 e. The first-order valence-electron chi connectivity index (χ1n) is 7.38. The zero-order valence-electron chi connectivity index (χ0n) is 13.5. The van der Waals surface area contributed by atoms with Gasteiger partial charge in [0.05, 0.1) is 36.0 Å². The van der Waals surface area contributed by atoms with Crippen molar-refractivity contribution in [1.29, 1.82) is 0 Å². The molecule has 1 atom stereocenters. The number of piperidine rings is 1. The van der Waals surface area contributed by atoms with Crippen LogP contribution in [-0.2, 0) is 9.57 Å². The summed E-state index contributed by atoms with van der Waals surface area (Å²) in [6.07, 6.45) is 1.01. The summed E-state index contributed by atoms with van der Waals surface area (Å²) >= 11 is 5.91. The highest BCUT2D eigenvalue weighted by Gasteiger charge is 2.25. The molecule has 24 heavy (non-hydrogen) atoms. The van der Waals surface area contributed by atoms with Crippen LogP contribution in [0.15, 0.2) is 12.1 Å². The maximum atomic E-state index is 12.2. The van der Waals surface area contributed by atoms with Crippen LogP contribution in [0.3, 0.4) is 0 Å². The van der Waals surface area contributed by atoms with Gasteiger partial charge in [-0.25, -0.2) is 4.79 Å². The van der Waals surface area contributed by atoms with Crippen LogP contribution in [0.4, 0.5) is 10.5 Å². The predicted octanol–water partition coefficient (Wildman–Crippen LogP) is 1.82. The highest BCUT2D eigenvalue weighted by atomic mass is 35.5. The van der Waals surface area contributed by atoms with E-state index in [4.69, 9.17) is 31.6 Å². The van der Waals surface area contributed by atoms with Gasteiger partial charge in [0.1, 0.15) is 5.75 Å². The molecule has 3 N–H and O–H groups in total. The molecule has 1 saturated heterocycles. The monoisotopic (exact) mass is 357 g/mol. The Morgan fingerprint density at radius 3 is 2.79 bits per heavy atom. The fourth-order valence-corrected chi connectivity index (χ4v) is 2.59. The molecular weight excluding hydrogens is 338 g/mol. The number of nitrogen functional groups attached to an aromatic ring is 1. The molecule has 1 fully saturated rings. The number of nitrogens with zero attached hydrogens (tertiary/aromatic N) is 1. The first kappa shape index (κ1) is 18.2. The number of hydroxylamine groups is 1. The molecule has 1 heterocycles. The maximum Gasteiger partial charge on any atom is 0.434 e. The van der Waals surface area contributed by atoms with Crippen LogP contribution < -0.4 is 16.0 Å². The van der Waals surface area contributed by atoms with E-state index in [1.807, 2.05) is 0 Å². The maximum absolute atomic E-state index is 12.2. The molecule has 0 aromatic heterocycles. The fraction of sp³-hybridized carbons (Fsp3) is 0.467. The number of carbonyl (C=O) groups excluding carboxylic acids is 2. The summed E-state index contributed by atoms with van der Waals surface area (Å²) in [5.41, 5.74) is 8.15. The number of benzene rings is 1. The number of hydrogen-bond donors (Lipinski definition) is 2. The molecule has 0 bridgehead atoms. The molecule has 9 heteroatoms. The van der Waals surface area contributed by atoms with Gasteiger partial charge in [0, 0.05) is 19.7 Å². The predicted molar refractivity (Wildman–Crippen MR) is 88.0 cm³/mol. The minimum atomic E-state index is -0.664. The Morgan fingerprint density at radius 1 is 1.38 bits per heavy atom. The molecule has 2 rings (SSSR count). The zero-order chi connectivity index (χ0) is 17.7. The highest BCUT2D eigenvalue weighted by molar-refractivity contribution is 6.33. The van der Waals surface area contributed by atoms with E-state index in [1.54, 1.807) is 7.11 Å². The molecule has 8 nitrogen and oxygen atoms in total. The summed E-state index contributed by atoms with van der Waals surface area (Å²) in [5.74, 6) is -0.440. The first-order chi connectivity index (χ1) is 11.5. The summed E-state index contributed by atoms with van der Waals surface area (Å²) < 4.78 is 10.3. The van der Waals surface area contributed by atoms with Crippen molar-refractivity contribution < 1.29 is 23.9 Å². The number of rotatable bonds is 3. The quantitative estimate of drug-likeness (QED) is 0.631. The van der Waals surface area contributed by atoms with Crippen LogP contribution in [0.2, 0.25) is 5.02 Å². The molecule has 1 aromatic rings. The van der Waals surface area contributed by atoms with Gasteiger partial charge >= 0.3 is 6.09 Å². The van der Waals surface area contributed by atoms with E-state index in [0.717, 1.165) is 12.8 Å². The van der Waals surface area contributed by atoms with Crippen molar-refractivity contribution >= 4 is 29.3 Å². The number of amides is 2. The summed E-state index contributed by atoms with van der Waals surface area (Å²) in [7, 11) is 2.99. The van der Waals surface area contributed by atoms with Crippen molar-refractivity contribution in [2.24, 2.45) is 0 Å². The van der Waals surface area contributed by atoms with Crippen LogP contribution in [0.25, 0.3) is 0 Å². The minimum absolute atomic E-state index is 0.0296. The topological polar surface area (TPSA) is 103 Å². The number of ether oxygens (including phenoxy) is 2. The number of nitrogens with one attached hydrogen (secondary N) is 1. The Balaban J connectivity index is 1.98. The van der Waals surface area contributed by atoms with Gasteiger partial charge in [-0.3, -0.25) is 4.79 Å². The van der Waals surface area contributed by atoms with Crippen LogP contribution in [0.1, 0.15) is 23.2 Å². The first-order valence-corrected chi connectivity index (χ1v) is 7.76. The molecule has 1 aliphatic heterocycles. The Hall–Kier alpha value is -2.19. The number of methoxy groups -OCH3 is 2. The highest BCUT2D eigenvalue weighted by Crippen LogP contribution is 2.28. The van der Waals surface area contributed by atoms with E-state index in [-0.39, 0.29) is 28.1 Å². The summed E-state index contributed by atoms with van der Waals surface area (Å²) in [5, 5.41) is 0.200. The van der Waals surface area contributed by atoms with E-state index in [1.165, 1.54) is 24.1 Å². The lowest BCUT2D eigenvalue weighted by Crippen LogP contribution is -2.45. The molecule has 1 aliphatic rings. The summed E-state index contributed by atoms with van der Waals surface area (Å²) in [4.78, 5) is 30.6. The molecule has 132 valence electrons. The summed E-state index contributed by atoms with van der Waals surface area (Å²) in [6, 6.07) is 2.77. The average molecular weight is 358 g/mol. The molecule has 0 aliphatic carbocycles. The van der Waals surface area contributed by atoms with Gasteiger partial charge in [0.2, 0.25) is 0 Å². The Labute approximate surface area is 144 Å². The number of carbonyl (C=O) groups is 2. The van der Waals surface area contributed by atoms with E-state index in [9.17, 15) is 9.59 Å². The third kappa shape index (κ3) is 4.21. The van der Waals surface area contributed by atoms with Gasteiger partial charge in [-0.1, -0.05) is 11.6 Å². The van der Waals surface area contributed by atoms with Gasteiger partial charge < -0.3 is 24.9 Å². The Bertz CT molecular complexity index is 625. The molecule has 0 saturated carbocycles. The molecule has 0 spiro atoms. The van der Waals surface area contributed by atoms with Gasteiger partial charge in [0.15, 0.2) is 0 Å². The van der Waals surface area contributed by atoms with Crippen LogP contribution in [-0.4, -0.2) is 50.3 Å². The van der Waals surface area contributed by atoms with Crippen molar-refractivity contribution in [2.45, 2.75) is 18.9 Å². The molecule has 1 aromatic carbocycles.